The minimum Gasteiger partial charge on any atom is -0.409 e. The lowest BCUT2D eigenvalue weighted by Gasteiger charge is -2.05. The van der Waals surface area contributed by atoms with Crippen LogP contribution in [0.4, 0.5) is 0 Å². The number of amides is 1. The van der Waals surface area contributed by atoms with Crippen LogP contribution in [0, 0.1) is 0 Å². The third-order valence-electron chi connectivity index (χ3n) is 2.35. The zero-order valence-electron chi connectivity index (χ0n) is 10.2. The first-order chi connectivity index (χ1) is 8.67. The van der Waals surface area contributed by atoms with Crippen molar-refractivity contribution in [1.29, 1.82) is 0 Å². The third kappa shape index (κ3) is 4.67. The monoisotopic (exact) mass is 267 g/mol. The van der Waals surface area contributed by atoms with Gasteiger partial charge < -0.3 is 16.3 Å². The van der Waals surface area contributed by atoms with Crippen LogP contribution in [0.15, 0.2) is 29.4 Å². The molecule has 0 aliphatic rings. The van der Waals surface area contributed by atoms with Gasteiger partial charge in [-0.25, -0.2) is 0 Å². The summed E-state index contributed by atoms with van der Waals surface area (Å²) in [6, 6.07) is 7.03. The van der Waals surface area contributed by atoms with E-state index >= 15 is 0 Å². The van der Waals surface area contributed by atoms with Gasteiger partial charge in [0.1, 0.15) is 0 Å². The number of carbonyl (C=O) groups excluding carboxylic acids is 1. The van der Waals surface area contributed by atoms with Gasteiger partial charge in [-0.1, -0.05) is 29.4 Å². The van der Waals surface area contributed by atoms with E-state index in [2.05, 4.69) is 10.5 Å². The van der Waals surface area contributed by atoms with Gasteiger partial charge in [-0.3, -0.25) is 4.79 Å². The molecule has 0 saturated heterocycles. The Labute approximate surface area is 110 Å². The molecule has 0 radical (unpaired) electrons. The Kier molecular flexibility index (Phi) is 6.07. The number of hydrogen-bond acceptors (Lipinski definition) is 4. The van der Waals surface area contributed by atoms with Gasteiger partial charge in [0.05, 0.1) is 6.42 Å². The van der Waals surface area contributed by atoms with Gasteiger partial charge in [-0.2, -0.15) is 11.8 Å². The Morgan fingerprint density at radius 1 is 1.44 bits per heavy atom. The average Bonchev–Trinajstić information content (AvgIpc) is 2.39. The SMILES string of the molecule is CSCCNC(=O)Cc1ccc(C(N)=NO)cc1. The van der Waals surface area contributed by atoms with Crippen LogP contribution in [0.2, 0.25) is 0 Å². The van der Waals surface area contributed by atoms with E-state index in [1.165, 1.54) is 0 Å². The molecule has 1 aromatic rings. The van der Waals surface area contributed by atoms with Crippen LogP contribution in [-0.2, 0) is 11.2 Å². The van der Waals surface area contributed by atoms with Gasteiger partial charge in [-0.15, -0.1) is 0 Å². The lowest BCUT2D eigenvalue weighted by atomic mass is 10.1. The minimum atomic E-state index is 0.000553. The van der Waals surface area contributed by atoms with Crippen molar-refractivity contribution in [3.05, 3.63) is 35.4 Å². The Bertz CT molecular complexity index is 418. The first-order valence-corrected chi connectivity index (χ1v) is 6.89. The van der Waals surface area contributed by atoms with Crippen molar-refractivity contribution < 1.29 is 10.0 Å². The Morgan fingerprint density at radius 2 is 2.11 bits per heavy atom. The fourth-order valence-corrected chi connectivity index (χ4v) is 1.70. The first kappa shape index (κ1) is 14.4. The zero-order chi connectivity index (χ0) is 13.4. The first-order valence-electron chi connectivity index (χ1n) is 5.50. The van der Waals surface area contributed by atoms with Crippen LogP contribution in [0.5, 0.6) is 0 Å². The fourth-order valence-electron chi connectivity index (χ4n) is 1.39. The normalized spacial score (nSPS) is 11.3. The van der Waals surface area contributed by atoms with Crippen LogP contribution in [-0.4, -0.2) is 35.5 Å². The number of rotatable bonds is 6. The largest absolute Gasteiger partial charge is 0.409 e. The lowest BCUT2D eigenvalue weighted by molar-refractivity contribution is -0.120. The van der Waals surface area contributed by atoms with Crippen molar-refractivity contribution in [3.8, 4) is 0 Å². The highest BCUT2D eigenvalue weighted by Gasteiger charge is 2.04. The van der Waals surface area contributed by atoms with E-state index in [9.17, 15) is 4.79 Å². The molecule has 6 heteroatoms. The summed E-state index contributed by atoms with van der Waals surface area (Å²) < 4.78 is 0. The van der Waals surface area contributed by atoms with E-state index in [1.54, 1.807) is 36.0 Å². The zero-order valence-corrected chi connectivity index (χ0v) is 11.0. The van der Waals surface area contributed by atoms with Gasteiger partial charge in [0.2, 0.25) is 5.91 Å². The second kappa shape index (κ2) is 7.60. The van der Waals surface area contributed by atoms with Crippen LogP contribution in [0.1, 0.15) is 11.1 Å². The minimum absolute atomic E-state index is 0.000553. The summed E-state index contributed by atoms with van der Waals surface area (Å²) in [5, 5.41) is 14.3. The van der Waals surface area contributed by atoms with E-state index < -0.39 is 0 Å². The van der Waals surface area contributed by atoms with Crippen LogP contribution < -0.4 is 11.1 Å². The molecule has 18 heavy (non-hydrogen) atoms. The summed E-state index contributed by atoms with van der Waals surface area (Å²) in [4.78, 5) is 11.6. The summed E-state index contributed by atoms with van der Waals surface area (Å²) in [6.45, 7) is 0.683. The molecular formula is C12H17N3O2S. The second-order valence-corrected chi connectivity index (χ2v) is 4.69. The lowest BCUT2D eigenvalue weighted by Crippen LogP contribution is -2.27. The van der Waals surface area contributed by atoms with Gasteiger partial charge in [-0.05, 0) is 11.8 Å². The van der Waals surface area contributed by atoms with Gasteiger partial charge in [0, 0.05) is 17.9 Å². The Morgan fingerprint density at radius 3 is 2.67 bits per heavy atom. The molecule has 0 fully saturated rings. The quantitative estimate of drug-likeness (QED) is 0.234. The topological polar surface area (TPSA) is 87.7 Å². The van der Waals surface area contributed by atoms with Crippen molar-refractivity contribution in [3.63, 3.8) is 0 Å². The predicted molar refractivity (Wildman–Crippen MR) is 74.0 cm³/mol. The molecule has 0 unspecified atom stereocenters. The molecule has 0 aliphatic heterocycles. The van der Waals surface area contributed by atoms with Crippen LogP contribution in [0.25, 0.3) is 0 Å². The maximum atomic E-state index is 11.6. The number of thioether (sulfide) groups is 1. The number of nitrogens with one attached hydrogen (secondary N) is 1. The summed E-state index contributed by atoms with van der Waals surface area (Å²) in [5.41, 5.74) is 6.97. The van der Waals surface area contributed by atoms with Crippen molar-refractivity contribution >= 4 is 23.5 Å². The molecule has 1 rings (SSSR count). The molecule has 98 valence electrons. The summed E-state index contributed by atoms with van der Waals surface area (Å²) in [5.74, 6) is 0.973. The highest BCUT2D eigenvalue weighted by Crippen LogP contribution is 2.05. The highest BCUT2D eigenvalue weighted by molar-refractivity contribution is 7.98. The smallest absolute Gasteiger partial charge is 0.224 e. The van der Waals surface area contributed by atoms with E-state index in [-0.39, 0.29) is 11.7 Å². The van der Waals surface area contributed by atoms with Crippen molar-refractivity contribution in [2.24, 2.45) is 10.9 Å². The van der Waals surface area contributed by atoms with Gasteiger partial charge in [0.15, 0.2) is 5.84 Å². The van der Waals surface area contributed by atoms with E-state index in [4.69, 9.17) is 10.9 Å². The molecule has 0 saturated carbocycles. The molecule has 0 atom stereocenters. The summed E-state index contributed by atoms with van der Waals surface area (Å²) in [7, 11) is 0. The molecule has 0 spiro atoms. The highest BCUT2D eigenvalue weighted by atomic mass is 32.2. The summed E-state index contributed by atoms with van der Waals surface area (Å²) >= 11 is 1.69. The number of carbonyl (C=O) groups is 1. The third-order valence-corrected chi connectivity index (χ3v) is 2.96. The van der Waals surface area contributed by atoms with Gasteiger partial charge >= 0.3 is 0 Å². The molecule has 0 aliphatic carbocycles. The predicted octanol–water partition coefficient (Wildman–Crippen LogP) is 0.803. The molecule has 4 N–H and O–H groups in total. The maximum Gasteiger partial charge on any atom is 0.224 e. The molecule has 0 aromatic heterocycles. The van der Waals surface area contributed by atoms with Crippen LogP contribution in [0.3, 0.4) is 0 Å². The molecule has 0 heterocycles. The number of oxime groups is 1. The van der Waals surface area contributed by atoms with Crippen molar-refractivity contribution in [1.82, 2.24) is 5.32 Å². The van der Waals surface area contributed by atoms with E-state index in [1.807, 2.05) is 6.26 Å². The van der Waals surface area contributed by atoms with E-state index in [0.717, 1.165) is 11.3 Å². The molecule has 1 amide bonds. The maximum absolute atomic E-state index is 11.6. The number of nitrogens with two attached hydrogens (primary N) is 1. The number of amidine groups is 1. The van der Waals surface area contributed by atoms with E-state index in [0.29, 0.717) is 18.5 Å². The molecule has 0 bridgehead atoms. The Balaban J connectivity index is 2.51. The van der Waals surface area contributed by atoms with Crippen LogP contribution >= 0.6 is 11.8 Å². The number of benzene rings is 1. The number of nitrogens with zero attached hydrogens (tertiary/aromatic N) is 1. The number of hydrogen-bond donors (Lipinski definition) is 3. The average molecular weight is 267 g/mol. The fraction of sp³-hybridized carbons (Fsp3) is 0.333. The second-order valence-electron chi connectivity index (χ2n) is 3.70. The van der Waals surface area contributed by atoms with Crippen molar-refractivity contribution in [2.45, 2.75) is 6.42 Å². The molecule has 5 nitrogen and oxygen atoms in total. The Hall–Kier alpha value is -1.69. The molecule has 1 aromatic carbocycles. The molecular weight excluding hydrogens is 250 g/mol. The standard InChI is InChI=1S/C12H17N3O2S/c1-18-7-6-14-11(16)8-9-2-4-10(5-3-9)12(13)15-17/h2-5,17H,6-8H2,1H3,(H2,13,15)(H,14,16). The van der Waals surface area contributed by atoms with Gasteiger partial charge in [0.25, 0.3) is 0 Å². The summed E-state index contributed by atoms with van der Waals surface area (Å²) in [6.07, 6.45) is 2.34. The van der Waals surface area contributed by atoms with Crippen molar-refractivity contribution in [2.75, 3.05) is 18.6 Å².